The van der Waals surface area contributed by atoms with Crippen LogP contribution in [0, 0.1) is 10.1 Å². The Morgan fingerprint density at radius 3 is 2.77 bits per heavy atom. The van der Waals surface area contributed by atoms with Crippen LogP contribution in [0.15, 0.2) is 48.4 Å². The minimum atomic E-state index is -0.366. The number of nitrogens with zero attached hydrogens (tertiary/aromatic N) is 5. The second kappa shape index (κ2) is 6.57. The molecule has 2 aromatic heterocycles. The van der Waals surface area contributed by atoms with Gasteiger partial charge in [0.1, 0.15) is 5.82 Å². The maximum Gasteiger partial charge on any atom is 0.252 e. The van der Waals surface area contributed by atoms with Crippen molar-refractivity contribution in [1.29, 1.82) is 0 Å². The molecule has 0 unspecified atom stereocenters. The molecule has 1 aliphatic carbocycles. The molecule has 0 atom stereocenters. The van der Waals surface area contributed by atoms with E-state index in [-0.39, 0.29) is 10.6 Å². The van der Waals surface area contributed by atoms with Gasteiger partial charge in [0.2, 0.25) is 5.70 Å². The van der Waals surface area contributed by atoms with Crippen LogP contribution in [-0.4, -0.2) is 24.7 Å². The summed E-state index contributed by atoms with van der Waals surface area (Å²) in [6.07, 6.45) is 5.91. The Labute approximate surface area is 153 Å². The number of allylic oxidation sites excluding steroid dienone is 1. The molecule has 0 bridgehead atoms. The molecule has 1 aliphatic rings. The Bertz CT molecular complexity index is 1010. The van der Waals surface area contributed by atoms with E-state index in [1.165, 1.54) is 10.8 Å². The van der Waals surface area contributed by atoms with Crippen LogP contribution in [0.1, 0.15) is 17.7 Å². The number of hydrogen-bond donors (Lipinski definition) is 1. The maximum atomic E-state index is 10.9. The molecule has 26 heavy (non-hydrogen) atoms. The topological polar surface area (TPSA) is 98.8 Å². The van der Waals surface area contributed by atoms with Gasteiger partial charge in [0, 0.05) is 35.6 Å². The molecule has 0 saturated heterocycles. The van der Waals surface area contributed by atoms with Crippen molar-refractivity contribution in [1.82, 2.24) is 19.7 Å². The van der Waals surface area contributed by atoms with Crippen LogP contribution in [0.4, 0.5) is 11.5 Å². The third-order valence-electron chi connectivity index (χ3n) is 3.98. The fraction of sp³-hybridized carbons (Fsp3) is 0.118. The summed E-state index contributed by atoms with van der Waals surface area (Å²) in [6.45, 7) is 0. The van der Waals surface area contributed by atoms with Crippen LogP contribution >= 0.6 is 11.6 Å². The van der Waals surface area contributed by atoms with Gasteiger partial charge in [-0.25, -0.2) is 9.67 Å². The second-order valence-corrected chi connectivity index (χ2v) is 6.19. The number of fused-ring (bicyclic) bond motifs is 1. The Kier molecular flexibility index (Phi) is 4.10. The summed E-state index contributed by atoms with van der Waals surface area (Å²) < 4.78 is 1.54. The van der Waals surface area contributed by atoms with E-state index >= 15 is 0 Å². The lowest BCUT2D eigenvalue weighted by molar-refractivity contribution is -0.426. The molecule has 1 N–H and O–H groups in total. The molecule has 2 heterocycles. The van der Waals surface area contributed by atoms with E-state index in [0.717, 1.165) is 11.3 Å². The number of aromatic nitrogens is 4. The van der Waals surface area contributed by atoms with E-state index < -0.39 is 0 Å². The van der Waals surface area contributed by atoms with Gasteiger partial charge < -0.3 is 5.32 Å². The van der Waals surface area contributed by atoms with Crippen molar-refractivity contribution in [2.75, 3.05) is 5.32 Å². The number of rotatable bonds is 4. The molecule has 0 radical (unpaired) electrons. The Morgan fingerprint density at radius 2 is 2.00 bits per heavy atom. The van der Waals surface area contributed by atoms with Gasteiger partial charge in [-0.3, -0.25) is 10.1 Å². The van der Waals surface area contributed by atoms with Crippen LogP contribution in [-0.2, 0) is 6.42 Å². The number of nitro groups is 1. The summed E-state index contributed by atoms with van der Waals surface area (Å²) in [7, 11) is 0. The van der Waals surface area contributed by atoms with Crippen molar-refractivity contribution in [3.63, 3.8) is 0 Å². The van der Waals surface area contributed by atoms with E-state index in [4.69, 9.17) is 11.6 Å². The highest BCUT2D eigenvalue weighted by Gasteiger charge is 2.21. The van der Waals surface area contributed by atoms with Crippen LogP contribution in [0.25, 0.3) is 12.0 Å². The predicted molar refractivity (Wildman–Crippen MR) is 97.2 cm³/mol. The summed E-state index contributed by atoms with van der Waals surface area (Å²) in [4.78, 5) is 19.3. The lowest BCUT2D eigenvalue weighted by Gasteiger charge is -2.06. The molecular weight excluding hydrogens is 356 g/mol. The van der Waals surface area contributed by atoms with Crippen molar-refractivity contribution >= 4 is 29.2 Å². The van der Waals surface area contributed by atoms with Gasteiger partial charge in [-0.05, 0) is 42.3 Å². The van der Waals surface area contributed by atoms with Gasteiger partial charge in [0.25, 0.3) is 5.95 Å². The standard InChI is InChI=1S/C17H13ClN6O2/c18-12-2-4-13(5-3-12)20-16-7-8-19-17(21-16)23-10-11-1-6-14(24(25)26)9-15(11)22-23/h2-5,7-10H,1,6H2,(H,19,20,21). The van der Waals surface area contributed by atoms with Gasteiger partial charge in [-0.1, -0.05) is 11.6 Å². The first-order valence-corrected chi connectivity index (χ1v) is 8.26. The fourth-order valence-electron chi connectivity index (χ4n) is 2.69. The van der Waals surface area contributed by atoms with Crippen molar-refractivity contribution in [2.45, 2.75) is 12.8 Å². The molecule has 0 spiro atoms. The van der Waals surface area contributed by atoms with E-state index in [1.54, 1.807) is 24.4 Å². The second-order valence-electron chi connectivity index (χ2n) is 5.75. The molecule has 1 aromatic carbocycles. The minimum absolute atomic E-state index is 0.168. The lowest BCUT2D eigenvalue weighted by Crippen LogP contribution is -2.05. The first kappa shape index (κ1) is 16.2. The van der Waals surface area contributed by atoms with E-state index in [0.29, 0.717) is 35.3 Å². The number of aryl methyl sites for hydroxylation is 1. The Morgan fingerprint density at radius 1 is 1.19 bits per heavy atom. The van der Waals surface area contributed by atoms with Gasteiger partial charge in [0.15, 0.2) is 0 Å². The monoisotopic (exact) mass is 368 g/mol. The number of halogens is 1. The summed E-state index contributed by atoms with van der Waals surface area (Å²) in [5, 5.41) is 19.1. The van der Waals surface area contributed by atoms with E-state index in [2.05, 4.69) is 20.4 Å². The molecule has 4 rings (SSSR count). The van der Waals surface area contributed by atoms with Crippen LogP contribution in [0.3, 0.4) is 0 Å². The van der Waals surface area contributed by atoms with Crippen LogP contribution in [0.5, 0.6) is 0 Å². The van der Waals surface area contributed by atoms with E-state index in [9.17, 15) is 10.1 Å². The van der Waals surface area contributed by atoms with Gasteiger partial charge in [-0.15, -0.1) is 0 Å². The van der Waals surface area contributed by atoms with Gasteiger partial charge >= 0.3 is 0 Å². The van der Waals surface area contributed by atoms with Crippen molar-refractivity contribution in [3.05, 3.63) is 74.8 Å². The molecule has 3 aromatic rings. The average molecular weight is 369 g/mol. The number of benzene rings is 1. The summed E-state index contributed by atoms with van der Waals surface area (Å²) in [6, 6.07) is 9.01. The molecule has 8 nitrogen and oxygen atoms in total. The summed E-state index contributed by atoms with van der Waals surface area (Å²) in [5.74, 6) is 0.988. The SMILES string of the molecule is O=[N+]([O-])C1=Cc2nn(-c3nccc(Nc4ccc(Cl)cc4)n3)cc2CC1. The highest BCUT2D eigenvalue weighted by Crippen LogP contribution is 2.24. The highest BCUT2D eigenvalue weighted by atomic mass is 35.5. The Balaban J connectivity index is 1.61. The molecule has 0 amide bonds. The van der Waals surface area contributed by atoms with Crippen LogP contribution in [0.2, 0.25) is 5.02 Å². The summed E-state index contributed by atoms with van der Waals surface area (Å²) >= 11 is 5.89. The third kappa shape index (κ3) is 3.27. The summed E-state index contributed by atoms with van der Waals surface area (Å²) in [5.41, 5.74) is 2.54. The number of anilines is 2. The maximum absolute atomic E-state index is 10.9. The first-order chi connectivity index (χ1) is 12.6. The number of hydrogen-bond acceptors (Lipinski definition) is 6. The average Bonchev–Trinajstić information content (AvgIpc) is 3.07. The third-order valence-corrected chi connectivity index (χ3v) is 4.23. The zero-order chi connectivity index (χ0) is 18.1. The predicted octanol–water partition coefficient (Wildman–Crippen LogP) is 3.62. The fourth-order valence-corrected chi connectivity index (χ4v) is 2.81. The smallest absolute Gasteiger partial charge is 0.252 e. The molecule has 0 fully saturated rings. The molecule has 0 aliphatic heterocycles. The van der Waals surface area contributed by atoms with Crippen molar-refractivity contribution in [3.8, 4) is 5.95 Å². The molecule has 130 valence electrons. The van der Waals surface area contributed by atoms with Crippen molar-refractivity contribution in [2.24, 2.45) is 0 Å². The zero-order valence-electron chi connectivity index (χ0n) is 13.5. The largest absolute Gasteiger partial charge is 0.340 e. The van der Waals surface area contributed by atoms with Crippen LogP contribution < -0.4 is 5.32 Å². The molecule has 9 heteroatoms. The van der Waals surface area contributed by atoms with Gasteiger partial charge in [0.05, 0.1) is 10.6 Å². The van der Waals surface area contributed by atoms with Crippen molar-refractivity contribution < 1.29 is 4.92 Å². The zero-order valence-corrected chi connectivity index (χ0v) is 14.2. The van der Waals surface area contributed by atoms with E-state index in [1.807, 2.05) is 18.3 Å². The normalized spacial score (nSPS) is 13.0. The lowest BCUT2D eigenvalue weighted by atomic mass is 10.0. The minimum Gasteiger partial charge on any atom is -0.340 e. The quantitative estimate of drug-likeness (QED) is 0.557. The Hall–Kier alpha value is -3.26. The molecule has 0 saturated carbocycles. The first-order valence-electron chi connectivity index (χ1n) is 7.88. The number of nitrogens with one attached hydrogen (secondary N) is 1. The molecular formula is C17H13ClN6O2. The van der Waals surface area contributed by atoms with Gasteiger partial charge in [-0.2, -0.15) is 10.1 Å². The highest BCUT2D eigenvalue weighted by molar-refractivity contribution is 6.30.